The van der Waals surface area contributed by atoms with Crippen LogP contribution in [0.4, 0.5) is 0 Å². The highest BCUT2D eigenvalue weighted by molar-refractivity contribution is 7.88. The number of aryl methyl sites for hydroxylation is 1. The van der Waals surface area contributed by atoms with E-state index in [0.29, 0.717) is 12.5 Å². The standard InChI is InChI=1S/C22H34N2O5S/c1-16-5-10-19(22(14-16)28-13-12-25)17-6-8-18(9-7-17)29-15-21-20(4-3-11-23-21)24-30(2,26)27/h5,10,12,14,17-18,20-21,23-24H,3-4,6-9,11,13,15H2,1-2H3/t17?,18?,20-,21-/m0/s1. The average Bonchev–Trinajstić information content (AvgIpc) is 2.71. The zero-order valence-electron chi connectivity index (χ0n) is 17.9. The van der Waals surface area contributed by atoms with E-state index in [0.717, 1.165) is 62.7 Å². The molecule has 0 spiro atoms. The van der Waals surface area contributed by atoms with Crippen LogP contribution < -0.4 is 14.8 Å². The molecule has 2 fully saturated rings. The fourth-order valence-electron chi connectivity index (χ4n) is 4.55. The molecule has 0 radical (unpaired) electrons. The maximum atomic E-state index is 11.6. The summed E-state index contributed by atoms with van der Waals surface area (Å²) >= 11 is 0. The van der Waals surface area contributed by atoms with E-state index in [-0.39, 0.29) is 24.8 Å². The van der Waals surface area contributed by atoms with Gasteiger partial charge >= 0.3 is 0 Å². The monoisotopic (exact) mass is 438 g/mol. The highest BCUT2D eigenvalue weighted by atomic mass is 32.2. The van der Waals surface area contributed by atoms with Gasteiger partial charge in [0.2, 0.25) is 10.0 Å². The van der Waals surface area contributed by atoms with Gasteiger partial charge in [-0.1, -0.05) is 12.1 Å². The van der Waals surface area contributed by atoms with Crippen molar-refractivity contribution in [2.75, 3.05) is 26.0 Å². The molecular formula is C22H34N2O5S. The number of rotatable bonds is 9. The molecule has 30 heavy (non-hydrogen) atoms. The summed E-state index contributed by atoms with van der Waals surface area (Å²) in [5.74, 6) is 1.21. The molecule has 1 aromatic rings. The summed E-state index contributed by atoms with van der Waals surface area (Å²) in [6.45, 7) is 3.50. The van der Waals surface area contributed by atoms with Crippen LogP contribution >= 0.6 is 0 Å². The highest BCUT2D eigenvalue weighted by Gasteiger charge is 2.30. The van der Waals surface area contributed by atoms with E-state index in [1.165, 1.54) is 11.8 Å². The van der Waals surface area contributed by atoms with Crippen LogP contribution in [-0.4, -0.2) is 58.9 Å². The van der Waals surface area contributed by atoms with Gasteiger partial charge in [-0.2, -0.15) is 0 Å². The van der Waals surface area contributed by atoms with Gasteiger partial charge in [0.1, 0.15) is 12.4 Å². The maximum absolute atomic E-state index is 11.6. The first-order valence-corrected chi connectivity index (χ1v) is 12.7. The Kier molecular flexibility index (Phi) is 8.27. The fraction of sp³-hybridized carbons (Fsp3) is 0.682. The predicted molar refractivity (Wildman–Crippen MR) is 116 cm³/mol. The highest BCUT2D eigenvalue weighted by Crippen LogP contribution is 2.38. The van der Waals surface area contributed by atoms with Gasteiger partial charge in [0.15, 0.2) is 6.29 Å². The van der Waals surface area contributed by atoms with Crippen molar-refractivity contribution in [3.63, 3.8) is 0 Å². The van der Waals surface area contributed by atoms with Gasteiger partial charge in [-0.3, -0.25) is 4.79 Å². The Hall–Kier alpha value is -1.48. The molecule has 0 bridgehead atoms. The molecule has 3 rings (SSSR count). The van der Waals surface area contributed by atoms with Crippen molar-refractivity contribution in [1.82, 2.24) is 10.0 Å². The summed E-state index contributed by atoms with van der Waals surface area (Å²) in [6, 6.07) is 6.11. The molecule has 1 saturated heterocycles. The molecule has 0 aromatic heterocycles. The van der Waals surface area contributed by atoms with Crippen molar-refractivity contribution in [3.8, 4) is 5.75 Å². The Morgan fingerprint density at radius 3 is 2.67 bits per heavy atom. The minimum absolute atomic E-state index is 0.00615. The second-order valence-corrected chi connectivity index (χ2v) is 10.3. The Labute approximate surface area is 180 Å². The summed E-state index contributed by atoms with van der Waals surface area (Å²) in [6.07, 6.45) is 7.90. The van der Waals surface area contributed by atoms with E-state index in [9.17, 15) is 13.2 Å². The molecule has 0 unspecified atom stereocenters. The first-order chi connectivity index (χ1) is 14.4. The van der Waals surface area contributed by atoms with Crippen LogP contribution in [-0.2, 0) is 19.6 Å². The molecule has 2 aliphatic rings. The van der Waals surface area contributed by atoms with Crippen molar-refractivity contribution in [2.45, 2.75) is 69.6 Å². The van der Waals surface area contributed by atoms with Crippen LogP contribution in [0.3, 0.4) is 0 Å². The third-order valence-electron chi connectivity index (χ3n) is 6.05. The van der Waals surface area contributed by atoms with Crippen molar-refractivity contribution in [2.24, 2.45) is 0 Å². The Bertz CT molecular complexity index is 806. The van der Waals surface area contributed by atoms with Crippen molar-refractivity contribution < 1.29 is 22.7 Å². The third-order valence-corrected chi connectivity index (χ3v) is 6.78. The van der Waals surface area contributed by atoms with Gasteiger partial charge in [0.05, 0.1) is 19.0 Å². The van der Waals surface area contributed by atoms with E-state index in [1.54, 1.807) is 0 Å². The average molecular weight is 439 g/mol. The lowest BCUT2D eigenvalue weighted by Crippen LogP contribution is -2.55. The first-order valence-electron chi connectivity index (χ1n) is 10.8. The number of piperidine rings is 1. The number of aldehydes is 1. The van der Waals surface area contributed by atoms with Crippen LogP contribution in [0, 0.1) is 6.92 Å². The lowest BCUT2D eigenvalue weighted by molar-refractivity contribution is -0.109. The van der Waals surface area contributed by atoms with Crippen LogP contribution in [0.25, 0.3) is 0 Å². The number of sulfonamides is 1. The maximum Gasteiger partial charge on any atom is 0.209 e. The molecule has 1 aliphatic carbocycles. The van der Waals surface area contributed by atoms with Gasteiger partial charge in [-0.15, -0.1) is 0 Å². The smallest absolute Gasteiger partial charge is 0.209 e. The van der Waals surface area contributed by atoms with Crippen LogP contribution in [0.1, 0.15) is 55.6 Å². The van der Waals surface area contributed by atoms with Gasteiger partial charge in [0.25, 0.3) is 0 Å². The Morgan fingerprint density at radius 1 is 1.20 bits per heavy atom. The summed E-state index contributed by atoms with van der Waals surface area (Å²) in [5.41, 5.74) is 2.29. The van der Waals surface area contributed by atoms with Crippen LogP contribution in [0.5, 0.6) is 5.75 Å². The number of hydrogen-bond donors (Lipinski definition) is 2. The zero-order chi connectivity index (χ0) is 21.6. The van der Waals surface area contributed by atoms with E-state index in [1.807, 2.05) is 13.0 Å². The molecule has 8 heteroatoms. The number of ether oxygens (including phenoxy) is 2. The van der Waals surface area contributed by atoms with Crippen molar-refractivity contribution >= 4 is 16.3 Å². The molecule has 1 aliphatic heterocycles. The normalized spacial score (nSPS) is 27.5. The third kappa shape index (κ3) is 6.77. The van der Waals surface area contributed by atoms with Gasteiger partial charge in [-0.25, -0.2) is 13.1 Å². The Balaban J connectivity index is 1.52. The summed E-state index contributed by atoms with van der Waals surface area (Å²) in [7, 11) is -3.23. The van der Waals surface area contributed by atoms with E-state index < -0.39 is 10.0 Å². The molecule has 2 N–H and O–H groups in total. The van der Waals surface area contributed by atoms with E-state index >= 15 is 0 Å². The fourth-order valence-corrected chi connectivity index (χ4v) is 5.38. The SMILES string of the molecule is Cc1ccc(C2CCC(OC[C@@H]3NCCC[C@@H]3NS(C)(=O)=O)CC2)c(OCC=O)c1. The molecule has 1 heterocycles. The second kappa shape index (κ2) is 10.7. The quantitative estimate of drug-likeness (QED) is 0.575. The van der Waals surface area contributed by atoms with Gasteiger partial charge in [0, 0.05) is 12.1 Å². The topological polar surface area (TPSA) is 93.7 Å². The zero-order valence-corrected chi connectivity index (χ0v) is 18.7. The number of nitrogens with one attached hydrogen (secondary N) is 2. The summed E-state index contributed by atoms with van der Waals surface area (Å²) in [5, 5.41) is 3.40. The number of carbonyl (C=O) groups excluding carboxylic acids is 1. The number of hydrogen-bond acceptors (Lipinski definition) is 6. The minimum Gasteiger partial charge on any atom is -0.486 e. The Morgan fingerprint density at radius 2 is 1.97 bits per heavy atom. The first kappa shape index (κ1) is 23.2. The van der Waals surface area contributed by atoms with Crippen LogP contribution in [0.15, 0.2) is 18.2 Å². The predicted octanol–water partition coefficient (Wildman–Crippen LogP) is 2.29. The largest absolute Gasteiger partial charge is 0.486 e. The lowest BCUT2D eigenvalue weighted by atomic mass is 9.82. The van der Waals surface area contributed by atoms with Gasteiger partial charge in [-0.05, 0) is 75.1 Å². The van der Waals surface area contributed by atoms with Crippen molar-refractivity contribution in [1.29, 1.82) is 0 Å². The number of carbonyl (C=O) groups is 1. The molecule has 1 saturated carbocycles. The van der Waals surface area contributed by atoms with E-state index in [2.05, 4.69) is 22.2 Å². The summed E-state index contributed by atoms with van der Waals surface area (Å²) < 4.78 is 37.8. The molecule has 1 aromatic carbocycles. The van der Waals surface area contributed by atoms with Gasteiger partial charge < -0.3 is 14.8 Å². The van der Waals surface area contributed by atoms with E-state index in [4.69, 9.17) is 9.47 Å². The molecule has 0 amide bonds. The number of benzene rings is 1. The molecule has 7 nitrogen and oxygen atoms in total. The molecular weight excluding hydrogens is 404 g/mol. The lowest BCUT2D eigenvalue weighted by Gasteiger charge is -2.35. The molecule has 2 atom stereocenters. The molecule has 168 valence electrons. The summed E-state index contributed by atoms with van der Waals surface area (Å²) in [4.78, 5) is 10.7. The van der Waals surface area contributed by atoms with Crippen LogP contribution in [0.2, 0.25) is 0 Å². The van der Waals surface area contributed by atoms with Crippen molar-refractivity contribution in [3.05, 3.63) is 29.3 Å². The minimum atomic E-state index is -3.23. The second-order valence-electron chi connectivity index (χ2n) is 8.53.